The second-order valence-corrected chi connectivity index (χ2v) is 11.8. The lowest BCUT2D eigenvalue weighted by Gasteiger charge is -2.20. The van der Waals surface area contributed by atoms with Crippen molar-refractivity contribution in [2.75, 3.05) is 32.6 Å². The van der Waals surface area contributed by atoms with Crippen LogP contribution in [0.3, 0.4) is 0 Å². The van der Waals surface area contributed by atoms with E-state index < -0.39 is 22.5 Å². The van der Waals surface area contributed by atoms with Crippen LogP contribution < -0.4 is 18.9 Å². The number of aromatic nitrogens is 4. The van der Waals surface area contributed by atoms with Gasteiger partial charge in [-0.3, -0.25) is 14.4 Å². The second-order valence-electron chi connectivity index (χ2n) is 10.1. The van der Waals surface area contributed by atoms with E-state index in [4.69, 9.17) is 19.0 Å². The predicted octanol–water partition coefficient (Wildman–Crippen LogP) is 4.23. The van der Waals surface area contributed by atoms with Gasteiger partial charge in [0.25, 0.3) is 21.8 Å². The van der Waals surface area contributed by atoms with Crippen LogP contribution in [0.25, 0.3) is 11.6 Å². The Labute approximate surface area is 249 Å². The highest BCUT2D eigenvalue weighted by Gasteiger charge is 2.27. The number of carbonyl (C=O) groups excluding carboxylic acids is 1. The average molecular weight is 609 g/mol. The predicted molar refractivity (Wildman–Crippen MR) is 157 cm³/mol. The number of methoxy groups -OCH3 is 1. The highest BCUT2D eigenvalue weighted by Crippen LogP contribution is 2.41. The fourth-order valence-electron chi connectivity index (χ4n) is 3.66. The van der Waals surface area contributed by atoms with E-state index in [0.717, 1.165) is 10.6 Å². The third-order valence-corrected chi connectivity index (χ3v) is 7.46. The maximum absolute atomic E-state index is 13.6. The van der Waals surface area contributed by atoms with E-state index in [1.807, 2.05) is 20.8 Å². The van der Waals surface area contributed by atoms with Crippen molar-refractivity contribution in [3.63, 3.8) is 0 Å². The fourth-order valence-corrected chi connectivity index (χ4v) is 4.66. The summed E-state index contributed by atoms with van der Waals surface area (Å²) in [4.78, 5) is 34.6. The van der Waals surface area contributed by atoms with Crippen molar-refractivity contribution in [2.24, 2.45) is 0 Å². The summed E-state index contributed by atoms with van der Waals surface area (Å²) in [6, 6.07) is 14.8. The van der Waals surface area contributed by atoms with Crippen LogP contribution >= 0.6 is 0 Å². The minimum Gasteiger partial charge on any atom is -0.493 e. The van der Waals surface area contributed by atoms with E-state index in [-0.39, 0.29) is 45.2 Å². The highest BCUT2D eigenvalue weighted by molar-refractivity contribution is 7.92. The van der Waals surface area contributed by atoms with Crippen molar-refractivity contribution < 1.29 is 32.3 Å². The number of anilines is 1. The van der Waals surface area contributed by atoms with Gasteiger partial charge in [-0.15, -0.1) is 0 Å². The molecule has 13 nitrogen and oxygen atoms in total. The lowest BCUT2D eigenvalue weighted by Crippen LogP contribution is -2.30. The molecule has 0 aliphatic carbocycles. The van der Waals surface area contributed by atoms with Crippen LogP contribution in [0.4, 0.5) is 5.82 Å². The number of para-hydroxylation sites is 2. The summed E-state index contributed by atoms with van der Waals surface area (Å²) in [7, 11) is -0.0267. The zero-order valence-corrected chi connectivity index (χ0v) is 25.4. The number of ether oxygens (including phenoxy) is 3. The number of nitrogens with one attached hydrogen (secondary N) is 1. The quantitative estimate of drug-likeness (QED) is 0.243. The Hall–Kier alpha value is -4.82. The molecular weight excluding hydrogens is 576 g/mol. The molecule has 0 unspecified atom stereocenters. The maximum Gasteiger partial charge on any atom is 0.283 e. The minimum absolute atomic E-state index is 0.0146. The van der Waals surface area contributed by atoms with Crippen molar-refractivity contribution in [1.29, 1.82) is 0 Å². The number of likely N-dealkylation sites (N-methyl/N-ethyl adjacent to an activating group) is 1. The van der Waals surface area contributed by atoms with E-state index in [2.05, 4.69) is 24.7 Å². The number of nitrogens with zero attached hydrogens (tertiary/aromatic N) is 5. The molecule has 0 saturated carbocycles. The summed E-state index contributed by atoms with van der Waals surface area (Å²) in [6.07, 6.45) is 2.95. The first-order chi connectivity index (χ1) is 20.4. The van der Waals surface area contributed by atoms with Gasteiger partial charge in [0.1, 0.15) is 0 Å². The molecule has 4 rings (SSSR count). The van der Waals surface area contributed by atoms with E-state index in [1.165, 1.54) is 45.8 Å². The molecule has 1 amide bonds. The molecule has 0 atom stereocenters. The zero-order chi connectivity index (χ0) is 31.2. The monoisotopic (exact) mass is 608 g/mol. The molecule has 4 aromatic rings. The zero-order valence-electron chi connectivity index (χ0n) is 24.6. The Balaban J connectivity index is 1.86. The largest absolute Gasteiger partial charge is 0.493 e. The number of carbonyl (C=O) groups is 1. The normalized spacial score (nSPS) is 11.5. The molecule has 43 heavy (non-hydrogen) atoms. The van der Waals surface area contributed by atoms with Crippen molar-refractivity contribution >= 4 is 21.7 Å². The minimum atomic E-state index is -4.21. The smallest absolute Gasteiger partial charge is 0.283 e. The van der Waals surface area contributed by atoms with Gasteiger partial charge in [-0.05, 0) is 41.3 Å². The van der Waals surface area contributed by atoms with Crippen molar-refractivity contribution in [1.82, 2.24) is 25.0 Å². The topological polar surface area (TPSA) is 155 Å². The van der Waals surface area contributed by atoms with Crippen LogP contribution in [0.15, 0.2) is 71.9 Å². The molecule has 0 bridgehead atoms. The molecular formula is C29H32N6O7S. The molecule has 14 heteroatoms. The third-order valence-electron chi connectivity index (χ3n) is 6.10. The SMILES string of the molecule is COc1ccccc1Oc1c(NS(=O)(=O)c2ccc(C(C)(C)C)cc2)nc(-c2ncccn2)nc1OCC(=O)N(C)OC. The molecule has 2 heterocycles. The number of benzene rings is 2. The van der Waals surface area contributed by atoms with Crippen LogP contribution in [0.5, 0.6) is 23.1 Å². The van der Waals surface area contributed by atoms with Crippen LogP contribution in [0.1, 0.15) is 26.3 Å². The Morgan fingerprint density at radius 1 is 0.907 bits per heavy atom. The Bertz CT molecular complexity index is 1680. The molecule has 1 N–H and O–H groups in total. The number of hydrogen-bond acceptors (Lipinski definition) is 11. The van der Waals surface area contributed by atoms with Crippen molar-refractivity contribution in [2.45, 2.75) is 31.1 Å². The van der Waals surface area contributed by atoms with E-state index in [0.29, 0.717) is 5.75 Å². The summed E-state index contributed by atoms with van der Waals surface area (Å²) >= 11 is 0. The first-order valence-corrected chi connectivity index (χ1v) is 14.5. The van der Waals surface area contributed by atoms with E-state index in [1.54, 1.807) is 42.5 Å². The van der Waals surface area contributed by atoms with Gasteiger partial charge < -0.3 is 14.2 Å². The Morgan fingerprint density at radius 2 is 1.56 bits per heavy atom. The molecule has 0 aliphatic heterocycles. The molecule has 2 aromatic heterocycles. The van der Waals surface area contributed by atoms with E-state index >= 15 is 0 Å². The third kappa shape index (κ3) is 7.53. The first kappa shape index (κ1) is 31.1. The van der Waals surface area contributed by atoms with Crippen molar-refractivity contribution in [3.8, 4) is 34.8 Å². The van der Waals surface area contributed by atoms with Crippen LogP contribution in [0, 0.1) is 0 Å². The molecule has 0 radical (unpaired) electrons. The number of hydroxylamine groups is 2. The number of amides is 1. The number of rotatable bonds is 11. The number of sulfonamides is 1. The first-order valence-electron chi connectivity index (χ1n) is 13.0. The lowest BCUT2D eigenvalue weighted by atomic mass is 9.87. The standard InChI is InChI=1S/C29H32N6O7S/c1-29(2,3)19-12-14-20(15-13-19)43(37,38)34-25-24(42-22-11-8-7-10-21(22)39-5)28(41-18-23(36)35(4)40-6)33-27(32-25)26-30-16-9-17-31-26/h7-17H,18H2,1-6H3,(H,32,33,34). The van der Waals surface area contributed by atoms with Crippen LogP contribution in [-0.4, -0.2) is 67.2 Å². The van der Waals surface area contributed by atoms with Crippen LogP contribution in [0.2, 0.25) is 0 Å². The van der Waals surface area contributed by atoms with Gasteiger partial charge in [0.05, 0.1) is 19.1 Å². The van der Waals surface area contributed by atoms with Crippen LogP contribution in [-0.2, 0) is 25.1 Å². The van der Waals surface area contributed by atoms with Gasteiger partial charge in [0.15, 0.2) is 29.7 Å². The molecule has 0 spiro atoms. The fraction of sp³-hybridized carbons (Fsp3) is 0.276. The summed E-state index contributed by atoms with van der Waals surface area (Å²) in [6.45, 7) is 5.56. The van der Waals surface area contributed by atoms with Gasteiger partial charge >= 0.3 is 0 Å². The molecule has 2 aromatic carbocycles. The summed E-state index contributed by atoms with van der Waals surface area (Å²) < 4.78 is 47.1. The second kappa shape index (κ2) is 13.0. The number of hydrogen-bond donors (Lipinski definition) is 1. The van der Waals surface area contributed by atoms with Gasteiger partial charge in [0.2, 0.25) is 11.6 Å². The summed E-state index contributed by atoms with van der Waals surface area (Å²) in [5.74, 6) is -0.798. The van der Waals surface area contributed by atoms with Gasteiger partial charge in [-0.2, -0.15) is 4.98 Å². The summed E-state index contributed by atoms with van der Waals surface area (Å²) in [5.41, 5.74) is 0.780. The van der Waals surface area contributed by atoms with E-state index in [9.17, 15) is 13.2 Å². The highest BCUT2D eigenvalue weighted by atomic mass is 32.2. The molecule has 0 aliphatic rings. The Kier molecular flexibility index (Phi) is 9.41. The maximum atomic E-state index is 13.6. The molecule has 0 fully saturated rings. The van der Waals surface area contributed by atoms with Gasteiger partial charge in [-0.25, -0.2) is 28.4 Å². The Morgan fingerprint density at radius 3 is 2.16 bits per heavy atom. The molecule has 0 saturated heterocycles. The summed E-state index contributed by atoms with van der Waals surface area (Å²) in [5, 5.41) is 0.966. The molecule has 226 valence electrons. The van der Waals surface area contributed by atoms with Gasteiger partial charge in [0, 0.05) is 19.4 Å². The van der Waals surface area contributed by atoms with Crippen molar-refractivity contribution in [3.05, 3.63) is 72.6 Å². The lowest BCUT2D eigenvalue weighted by molar-refractivity contribution is -0.170. The van der Waals surface area contributed by atoms with Gasteiger partial charge in [-0.1, -0.05) is 45.0 Å². The average Bonchev–Trinajstić information content (AvgIpc) is 3.00.